The molecule has 0 amide bonds. The third-order valence-corrected chi connectivity index (χ3v) is 11.4. The van der Waals surface area contributed by atoms with Crippen molar-refractivity contribution < 1.29 is 49.0 Å². The number of allylic oxidation sites excluding steroid dienone is 8. The Labute approximate surface area is 311 Å². The average molecular weight is 739 g/mol. The molecule has 4 aromatic rings. The summed E-state index contributed by atoms with van der Waals surface area (Å²) in [5, 5.41) is 5.57. The Hall–Kier alpha value is -2.18. The van der Waals surface area contributed by atoms with E-state index in [0.29, 0.717) is 5.92 Å². The Kier molecular flexibility index (Phi) is 11.8. The van der Waals surface area contributed by atoms with Crippen molar-refractivity contribution in [3.8, 4) is 0 Å². The van der Waals surface area contributed by atoms with Gasteiger partial charge in [0.2, 0.25) is 0 Å². The Morgan fingerprint density at radius 2 is 1.21 bits per heavy atom. The van der Waals surface area contributed by atoms with Gasteiger partial charge in [-0.3, -0.25) is 6.08 Å². The molecule has 1 atom stereocenters. The van der Waals surface area contributed by atoms with Crippen LogP contribution in [0.3, 0.4) is 0 Å². The molecule has 1 saturated carbocycles. The van der Waals surface area contributed by atoms with Crippen LogP contribution in [0.4, 0.5) is 0 Å². The number of halogens is 2. The summed E-state index contributed by atoms with van der Waals surface area (Å²) in [4.78, 5) is 0. The summed E-state index contributed by atoms with van der Waals surface area (Å²) in [7, 11) is 0. The van der Waals surface area contributed by atoms with Crippen molar-refractivity contribution in [3.63, 3.8) is 0 Å². The summed E-state index contributed by atoms with van der Waals surface area (Å²) >= 11 is 1.69. The number of benzene rings is 3. The van der Waals surface area contributed by atoms with E-state index in [0.717, 1.165) is 0 Å². The van der Waals surface area contributed by atoms with Crippen LogP contribution in [0, 0.1) is 12.0 Å². The first kappa shape index (κ1) is 37.6. The zero-order valence-corrected chi connectivity index (χ0v) is 33.3. The van der Waals surface area contributed by atoms with Crippen LogP contribution < -0.4 is 24.8 Å². The van der Waals surface area contributed by atoms with E-state index in [-0.39, 0.29) is 35.6 Å². The molecule has 0 N–H and O–H groups in total. The average Bonchev–Trinajstić information content (AvgIpc) is 3.66. The van der Waals surface area contributed by atoms with Crippen LogP contribution in [0.1, 0.15) is 115 Å². The number of fused-ring (bicyclic) bond motifs is 5. The molecule has 244 valence electrons. The summed E-state index contributed by atoms with van der Waals surface area (Å²) in [5.74, 6) is 0.468. The van der Waals surface area contributed by atoms with Gasteiger partial charge in [0.25, 0.3) is 0 Å². The van der Waals surface area contributed by atoms with E-state index in [1.54, 1.807) is 27.4 Å². The molecule has 4 aliphatic rings. The second kappa shape index (κ2) is 14.7. The van der Waals surface area contributed by atoms with Crippen LogP contribution >= 0.6 is 0 Å². The molecule has 8 rings (SSSR count). The van der Waals surface area contributed by atoms with Crippen molar-refractivity contribution in [2.45, 2.75) is 98.3 Å². The van der Waals surface area contributed by atoms with E-state index in [2.05, 4.69) is 134 Å². The predicted octanol–water partition coefficient (Wildman–Crippen LogP) is 6.25. The maximum atomic E-state index is 3.39. The Morgan fingerprint density at radius 1 is 0.723 bits per heavy atom. The van der Waals surface area contributed by atoms with Gasteiger partial charge in [0, 0.05) is 10.8 Å². The first-order valence-corrected chi connectivity index (χ1v) is 18.1. The van der Waals surface area contributed by atoms with E-state index in [4.69, 9.17) is 0 Å². The molecular formula is C44H48Cl2Zr-2. The number of hydrogen-bond donors (Lipinski definition) is 0. The summed E-state index contributed by atoms with van der Waals surface area (Å²) in [6, 6.07) is 22.6. The number of hydrogen-bond acceptors (Lipinski definition) is 0. The number of rotatable bonds is 1. The molecule has 0 radical (unpaired) electrons. The molecule has 47 heavy (non-hydrogen) atoms. The van der Waals surface area contributed by atoms with Crippen LogP contribution in [-0.4, -0.2) is 3.21 Å². The van der Waals surface area contributed by atoms with Crippen LogP contribution in [0.2, 0.25) is 0 Å². The third kappa shape index (κ3) is 7.69. The van der Waals surface area contributed by atoms with Gasteiger partial charge in [0.05, 0.1) is 0 Å². The summed E-state index contributed by atoms with van der Waals surface area (Å²) < 4.78 is 1.80. The van der Waals surface area contributed by atoms with Crippen LogP contribution in [0.25, 0.3) is 38.3 Å². The Morgan fingerprint density at radius 3 is 1.62 bits per heavy atom. The molecule has 4 aromatic carbocycles. The minimum absolute atomic E-state index is 0. The maximum absolute atomic E-state index is 3.39. The van der Waals surface area contributed by atoms with Gasteiger partial charge in [0.1, 0.15) is 0 Å². The fraction of sp³-hybridized carbons (Fsp3) is 0.364. The monoisotopic (exact) mass is 736 g/mol. The molecule has 0 saturated heterocycles. The van der Waals surface area contributed by atoms with Gasteiger partial charge in [0.15, 0.2) is 0 Å². The molecule has 1 fully saturated rings. The van der Waals surface area contributed by atoms with Crippen molar-refractivity contribution >= 4 is 41.5 Å². The molecule has 0 heterocycles. The molecule has 0 bridgehead atoms. The van der Waals surface area contributed by atoms with E-state index in [9.17, 15) is 0 Å². The van der Waals surface area contributed by atoms with Gasteiger partial charge < -0.3 is 24.8 Å². The van der Waals surface area contributed by atoms with Crippen LogP contribution in [-0.2, 0) is 35.1 Å². The van der Waals surface area contributed by atoms with Gasteiger partial charge in [-0.1, -0.05) is 113 Å². The van der Waals surface area contributed by atoms with E-state index >= 15 is 0 Å². The van der Waals surface area contributed by atoms with Crippen molar-refractivity contribution in [1.29, 1.82) is 0 Å². The first-order valence-electron chi connectivity index (χ1n) is 16.9. The summed E-state index contributed by atoms with van der Waals surface area (Å²) in [6.45, 7) is 18.1. The van der Waals surface area contributed by atoms with E-state index in [1.165, 1.54) is 104 Å². The second-order valence-corrected chi connectivity index (χ2v) is 16.6. The predicted molar refractivity (Wildman–Crippen MR) is 195 cm³/mol. The quantitative estimate of drug-likeness (QED) is 0.203. The fourth-order valence-electron chi connectivity index (χ4n) is 7.96. The molecule has 0 aliphatic heterocycles. The summed E-state index contributed by atoms with van der Waals surface area (Å²) in [5.41, 5.74) is 12.8. The molecule has 0 aromatic heterocycles. The minimum atomic E-state index is 0. The van der Waals surface area contributed by atoms with Gasteiger partial charge >= 0.3 is 59.5 Å². The van der Waals surface area contributed by atoms with Gasteiger partial charge in [-0.05, 0) is 36.1 Å². The van der Waals surface area contributed by atoms with E-state index < -0.39 is 0 Å². The topological polar surface area (TPSA) is 0 Å². The molecular weight excluding hydrogens is 691 g/mol. The molecule has 0 spiro atoms. The SMILES string of the molecule is CC1=CC(C)(C)c2cc3[cH-]c4cc5c(cc4c3cc21)C(C)=CC5(C)C.CC1=[C-]C(C)C=C1c1ccccc1.[Cl-].[Cl-].[Zr+2]=[C]1CCCCC1. The van der Waals surface area contributed by atoms with Crippen LogP contribution in [0.15, 0.2) is 84.5 Å². The molecule has 3 heteroatoms. The van der Waals surface area contributed by atoms with Crippen molar-refractivity contribution in [1.82, 2.24) is 0 Å². The van der Waals surface area contributed by atoms with Gasteiger partial charge in [-0.2, -0.15) is 11.6 Å². The van der Waals surface area contributed by atoms with Crippen LogP contribution in [0.5, 0.6) is 0 Å². The standard InChI is InChI=1S/C25H25.C13H13.C6H10.2ClH.Zr/c1-14-12-24(3,4)22-8-16-7-17-9-23-19(15(2)13-25(23,5)6)11-21(17)20(16)10-18(14)22;1-10-8-11(2)13(9-10)12-6-4-3-5-7-12;1-2-4-6-5-3-1;;;/h7-13H,1-6H3;3-7,9-10H,1-2H3;1-5H2;2*1H;/q2*-1;;;;+2/p-2. The van der Waals surface area contributed by atoms with Crippen molar-refractivity contribution in [2.75, 3.05) is 0 Å². The van der Waals surface area contributed by atoms with Gasteiger partial charge in [-0.15, -0.1) is 45.3 Å². The van der Waals surface area contributed by atoms with Crippen molar-refractivity contribution in [2.24, 2.45) is 5.92 Å². The Balaban J connectivity index is 0.000000190. The molecule has 0 nitrogen and oxygen atoms in total. The van der Waals surface area contributed by atoms with E-state index in [1.807, 2.05) is 6.07 Å². The fourth-order valence-corrected chi connectivity index (χ4v) is 8.83. The first-order chi connectivity index (χ1) is 21.3. The van der Waals surface area contributed by atoms with Crippen molar-refractivity contribution in [3.05, 3.63) is 118 Å². The normalized spacial score (nSPS) is 19.9. The summed E-state index contributed by atoms with van der Waals surface area (Å²) in [6.07, 6.45) is 17.8. The molecule has 4 aliphatic carbocycles. The molecule has 1 unspecified atom stereocenters. The zero-order chi connectivity index (χ0) is 32.1. The Bertz CT molecular complexity index is 1830. The zero-order valence-electron chi connectivity index (χ0n) is 29.4. The second-order valence-electron chi connectivity index (χ2n) is 14.9. The van der Waals surface area contributed by atoms with Gasteiger partial charge in [-0.25, -0.2) is 5.57 Å². The third-order valence-electron chi connectivity index (χ3n) is 10.2.